The Hall–Kier alpha value is -1.30. The number of benzene rings is 1. The van der Waals surface area contributed by atoms with Crippen LogP contribution in [0.15, 0.2) is 24.3 Å². The minimum Gasteiger partial charge on any atom is -0.493 e. The monoisotopic (exact) mass is 295 g/mol. The molecule has 0 spiro atoms. The van der Waals surface area contributed by atoms with E-state index < -0.39 is 6.10 Å². The average Bonchev–Trinajstić information content (AvgIpc) is 2.51. The van der Waals surface area contributed by atoms with Gasteiger partial charge < -0.3 is 24.6 Å². The van der Waals surface area contributed by atoms with E-state index in [0.717, 1.165) is 19.4 Å². The van der Waals surface area contributed by atoms with Crippen molar-refractivity contribution >= 4 is 0 Å². The molecule has 1 aromatic carbocycles. The van der Waals surface area contributed by atoms with E-state index in [0.29, 0.717) is 30.2 Å². The Balaban J connectivity index is 1.70. The quantitative estimate of drug-likeness (QED) is 0.800. The topological polar surface area (TPSA) is 60.0 Å². The van der Waals surface area contributed by atoms with Crippen LogP contribution in [-0.4, -0.2) is 50.2 Å². The van der Waals surface area contributed by atoms with Crippen LogP contribution in [-0.2, 0) is 4.74 Å². The first-order chi connectivity index (χ1) is 10.2. The summed E-state index contributed by atoms with van der Waals surface area (Å²) in [6, 6.07) is 7.85. The van der Waals surface area contributed by atoms with Crippen LogP contribution in [0.5, 0.6) is 11.5 Å². The highest BCUT2D eigenvalue weighted by molar-refractivity contribution is 5.39. The van der Waals surface area contributed by atoms with Gasteiger partial charge in [0.25, 0.3) is 0 Å². The zero-order valence-corrected chi connectivity index (χ0v) is 12.7. The minimum absolute atomic E-state index is 0.242. The summed E-state index contributed by atoms with van der Waals surface area (Å²) in [7, 11) is 1.60. The minimum atomic E-state index is -0.548. The fourth-order valence-electron chi connectivity index (χ4n) is 2.47. The number of methoxy groups -OCH3 is 1. The van der Waals surface area contributed by atoms with E-state index in [4.69, 9.17) is 14.2 Å². The molecule has 5 nitrogen and oxygen atoms in total. The fourth-order valence-corrected chi connectivity index (χ4v) is 2.47. The third-order valence-corrected chi connectivity index (χ3v) is 3.63. The lowest BCUT2D eigenvalue weighted by Gasteiger charge is -2.28. The Bertz CT molecular complexity index is 426. The van der Waals surface area contributed by atoms with Crippen LogP contribution in [0.2, 0.25) is 0 Å². The summed E-state index contributed by atoms with van der Waals surface area (Å²) >= 11 is 0. The summed E-state index contributed by atoms with van der Waals surface area (Å²) in [6.45, 7) is 3.63. The SMILES string of the molecule is COc1ccccc1OCC(O)CNC1CCOC(C)C1. The summed E-state index contributed by atoms with van der Waals surface area (Å²) in [5.74, 6) is 1.33. The molecule has 0 amide bonds. The lowest BCUT2D eigenvalue weighted by Crippen LogP contribution is -2.42. The average molecular weight is 295 g/mol. The largest absolute Gasteiger partial charge is 0.493 e. The van der Waals surface area contributed by atoms with Crippen LogP contribution in [0.25, 0.3) is 0 Å². The highest BCUT2D eigenvalue weighted by atomic mass is 16.5. The second kappa shape index (κ2) is 8.22. The number of rotatable bonds is 7. The van der Waals surface area contributed by atoms with E-state index >= 15 is 0 Å². The Morgan fingerprint density at radius 1 is 1.38 bits per heavy atom. The maximum atomic E-state index is 10.0. The van der Waals surface area contributed by atoms with Gasteiger partial charge in [0.1, 0.15) is 12.7 Å². The zero-order valence-electron chi connectivity index (χ0n) is 12.7. The summed E-state index contributed by atoms with van der Waals surface area (Å²) in [5.41, 5.74) is 0. The van der Waals surface area contributed by atoms with Crippen molar-refractivity contribution in [2.75, 3.05) is 26.9 Å². The van der Waals surface area contributed by atoms with Gasteiger partial charge in [0.15, 0.2) is 11.5 Å². The van der Waals surface area contributed by atoms with E-state index in [2.05, 4.69) is 12.2 Å². The molecule has 0 bridgehead atoms. The first-order valence-corrected chi connectivity index (χ1v) is 7.48. The molecule has 21 heavy (non-hydrogen) atoms. The van der Waals surface area contributed by atoms with Crippen LogP contribution in [0.1, 0.15) is 19.8 Å². The van der Waals surface area contributed by atoms with Gasteiger partial charge in [-0.05, 0) is 31.9 Å². The first-order valence-electron chi connectivity index (χ1n) is 7.48. The van der Waals surface area contributed by atoms with Gasteiger partial charge in [-0.15, -0.1) is 0 Å². The molecule has 0 radical (unpaired) electrons. The van der Waals surface area contributed by atoms with E-state index in [9.17, 15) is 5.11 Å². The Morgan fingerprint density at radius 3 is 2.86 bits per heavy atom. The molecule has 1 heterocycles. The van der Waals surface area contributed by atoms with Gasteiger partial charge in [0.05, 0.1) is 13.2 Å². The molecule has 2 rings (SSSR count). The molecular weight excluding hydrogens is 270 g/mol. The van der Waals surface area contributed by atoms with Crippen LogP contribution in [0, 0.1) is 0 Å². The molecule has 1 aliphatic heterocycles. The number of ether oxygens (including phenoxy) is 3. The Morgan fingerprint density at radius 2 is 2.14 bits per heavy atom. The van der Waals surface area contributed by atoms with Crippen molar-refractivity contribution in [2.24, 2.45) is 0 Å². The van der Waals surface area contributed by atoms with Crippen molar-refractivity contribution in [3.05, 3.63) is 24.3 Å². The van der Waals surface area contributed by atoms with Gasteiger partial charge in [-0.2, -0.15) is 0 Å². The summed E-state index contributed by atoms with van der Waals surface area (Å²) < 4.78 is 16.3. The van der Waals surface area contributed by atoms with E-state index in [1.165, 1.54) is 0 Å². The van der Waals surface area contributed by atoms with Gasteiger partial charge in [0.2, 0.25) is 0 Å². The zero-order chi connectivity index (χ0) is 15.1. The van der Waals surface area contributed by atoms with Crippen LogP contribution in [0.4, 0.5) is 0 Å². The molecule has 3 atom stereocenters. The Kier molecular flexibility index (Phi) is 6.29. The third kappa shape index (κ3) is 5.19. The fraction of sp³-hybridized carbons (Fsp3) is 0.625. The molecular formula is C16H25NO4. The van der Waals surface area contributed by atoms with Crippen molar-refractivity contribution in [3.8, 4) is 11.5 Å². The highest BCUT2D eigenvalue weighted by Gasteiger charge is 2.19. The number of para-hydroxylation sites is 2. The summed E-state index contributed by atoms with van der Waals surface area (Å²) in [4.78, 5) is 0. The predicted octanol–water partition coefficient (Wildman–Crippen LogP) is 1.59. The van der Waals surface area contributed by atoms with Gasteiger partial charge in [0, 0.05) is 19.2 Å². The number of hydrogen-bond acceptors (Lipinski definition) is 5. The first kappa shape index (κ1) is 16.1. The van der Waals surface area contributed by atoms with Gasteiger partial charge >= 0.3 is 0 Å². The van der Waals surface area contributed by atoms with Crippen molar-refractivity contribution in [2.45, 2.75) is 38.0 Å². The molecule has 1 saturated heterocycles. The summed E-state index contributed by atoms with van der Waals surface area (Å²) in [6.07, 6.45) is 1.72. The van der Waals surface area contributed by atoms with Gasteiger partial charge in [-0.1, -0.05) is 12.1 Å². The summed E-state index contributed by atoms with van der Waals surface area (Å²) in [5, 5.41) is 13.4. The van der Waals surface area contributed by atoms with Crippen LogP contribution in [0.3, 0.4) is 0 Å². The molecule has 1 aromatic rings. The predicted molar refractivity (Wildman–Crippen MR) is 80.9 cm³/mol. The molecule has 0 aliphatic carbocycles. The normalized spacial score (nSPS) is 23.6. The number of nitrogens with one attached hydrogen (secondary N) is 1. The molecule has 1 fully saturated rings. The maximum Gasteiger partial charge on any atom is 0.161 e. The molecule has 1 aliphatic rings. The maximum absolute atomic E-state index is 10.0. The Labute approximate surface area is 126 Å². The van der Waals surface area contributed by atoms with Crippen molar-refractivity contribution in [1.29, 1.82) is 0 Å². The second-order valence-electron chi connectivity index (χ2n) is 5.43. The standard InChI is InChI=1S/C16H25NO4/c1-12-9-13(7-8-20-12)17-10-14(18)11-21-16-6-4-3-5-15(16)19-2/h3-6,12-14,17-18H,7-11H2,1-2H3. The van der Waals surface area contributed by atoms with E-state index in [1.807, 2.05) is 24.3 Å². The van der Waals surface area contributed by atoms with E-state index in [1.54, 1.807) is 7.11 Å². The smallest absolute Gasteiger partial charge is 0.161 e. The lowest BCUT2D eigenvalue weighted by molar-refractivity contribution is 0.00963. The van der Waals surface area contributed by atoms with Crippen LogP contribution < -0.4 is 14.8 Å². The third-order valence-electron chi connectivity index (χ3n) is 3.63. The lowest BCUT2D eigenvalue weighted by atomic mass is 10.0. The number of hydrogen-bond donors (Lipinski definition) is 2. The molecule has 0 aromatic heterocycles. The van der Waals surface area contributed by atoms with Gasteiger partial charge in [-0.3, -0.25) is 0 Å². The molecule has 0 saturated carbocycles. The second-order valence-corrected chi connectivity index (χ2v) is 5.43. The highest BCUT2D eigenvalue weighted by Crippen LogP contribution is 2.25. The molecule has 2 N–H and O–H groups in total. The molecule has 3 unspecified atom stereocenters. The van der Waals surface area contributed by atoms with Crippen molar-refractivity contribution < 1.29 is 19.3 Å². The van der Waals surface area contributed by atoms with Crippen molar-refractivity contribution in [3.63, 3.8) is 0 Å². The molecule has 5 heteroatoms. The van der Waals surface area contributed by atoms with E-state index in [-0.39, 0.29) is 6.61 Å². The number of aliphatic hydroxyl groups excluding tert-OH is 1. The number of aliphatic hydroxyl groups is 1. The molecule has 118 valence electrons. The van der Waals surface area contributed by atoms with Crippen LogP contribution >= 0.6 is 0 Å². The van der Waals surface area contributed by atoms with Gasteiger partial charge in [-0.25, -0.2) is 0 Å². The van der Waals surface area contributed by atoms with Crippen molar-refractivity contribution in [1.82, 2.24) is 5.32 Å².